The van der Waals surface area contributed by atoms with Crippen molar-refractivity contribution in [1.29, 1.82) is 0 Å². The van der Waals surface area contributed by atoms with Crippen LogP contribution in [0.15, 0.2) is 39.2 Å². The van der Waals surface area contributed by atoms with Crippen LogP contribution in [0.4, 0.5) is 5.13 Å². The standard InChI is InChI=1S/C16H17N5O2S2/c1-2-24-16-20-19-15(25-16)17-12(22)9-6-10-13-18-14(21-23-13)11-7-4-3-5-8-11/h3-5,7-8H,2,6,9-10H2,1H3,(H,17,19,22). The van der Waals surface area contributed by atoms with Crippen LogP contribution in [-0.4, -0.2) is 32.0 Å². The fraction of sp³-hybridized carbons (Fsp3) is 0.312. The highest BCUT2D eigenvalue weighted by Gasteiger charge is 2.11. The average Bonchev–Trinajstić information content (AvgIpc) is 3.26. The van der Waals surface area contributed by atoms with Gasteiger partial charge in [-0.25, -0.2) is 0 Å². The maximum Gasteiger partial charge on any atom is 0.226 e. The van der Waals surface area contributed by atoms with Crippen LogP contribution in [0, 0.1) is 0 Å². The van der Waals surface area contributed by atoms with Gasteiger partial charge in [-0.05, 0) is 12.2 Å². The Morgan fingerprint density at radius 1 is 1.28 bits per heavy atom. The largest absolute Gasteiger partial charge is 0.339 e. The van der Waals surface area contributed by atoms with E-state index in [9.17, 15) is 4.79 Å². The molecule has 1 amide bonds. The van der Waals surface area contributed by atoms with E-state index < -0.39 is 0 Å². The lowest BCUT2D eigenvalue weighted by Gasteiger charge is -1.99. The van der Waals surface area contributed by atoms with Gasteiger partial charge >= 0.3 is 0 Å². The molecule has 0 saturated carbocycles. The van der Waals surface area contributed by atoms with Crippen molar-refractivity contribution in [2.45, 2.75) is 30.5 Å². The number of hydrogen-bond acceptors (Lipinski definition) is 8. The number of carbonyl (C=O) groups is 1. The van der Waals surface area contributed by atoms with E-state index in [2.05, 4.69) is 25.7 Å². The summed E-state index contributed by atoms with van der Waals surface area (Å²) in [6.07, 6.45) is 1.54. The number of thioether (sulfide) groups is 1. The molecule has 3 aromatic rings. The third kappa shape index (κ3) is 5.10. The molecule has 7 nitrogen and oxygen atoms in total. The zero-order chi connectivity index (χ0) is 17.5. The molecule has 2 aromatic heterocycles. The minimum absolute atomic E-state index is 0.0907. The number of anilines is 1. The maximum atomic E-state index is 12.0. The second-order valence-corrected chi connectivity index (χ2v) is 7.57. The second kappa shape index (κ2) is 8.72. The van der Waals surface area contributed by atoms with Gasteiger partial charge in [0.05, 0.1) is 0 Å². The van der Waals surface area contributed by atoms with E-state index in [0.29, 0.717) is 36.1 Å². The molecule has 1 N–H and O–H groups in total. The summed E-state index contributed by atoms with van der Waals surface area (Å²) >= 11 is 2.99. The molecule has 0 bridgehead atoms. The summed E-state index contributed by atoms with van der Waals surface area (Å²) in [6, 6.07) is 9.64. The van der Waals surface area contributed by atoms with Gasteiger partial charge in [0.2, 0.25) is 22.8 Å². The van der Waals surface area contributed by atoms with Gasteiger partial charge in [0.1, 0.15) is 0 Å². The van der Waals surface area contributed by atoms with E-state index in [1.54, 1.807) is 11.8 Å². The molecule has 0 atom stereocenters. The normalized spacial score (nSPS) is 10.8. The third-order valence-corrected chi connectivity index (χ3v) is 5.07. The summed E-state index contributed by atoms with van der Waals surface area (Å²) in [6.45, 7) is 2.05. The lowest BCUT2D eigenvalue weighted by atomic mass is 10.2. The molecule has 3 rings (SSSR count). The van der Waals surface area contributed by atoms with Crippen LogP contribution < -0.4 is 5.32 Å². The van der Waals surface area contributed by atoms with E-state index in [4.69, 9.17) is 4.52 Å². The van der Waals surface area contributed by atoms with Crippen molar-refractivity contribution in [3.05, 3.63) is 36.2 Å². The predicted octanol–water partition coefficient (Wildman–Crippen LogP) is 3.66. The molecular formula is C16H17N5O2S2. The molecule has 0 spiro atoms. The Morgan fingerprint density at radius 3 is 2.92 bits per heavy atom. The zero-order valence-electron chi connectivity index (χ0n) is 13.6. The first-order valence-corrected chi connectivity index (χ1v) is 9.69. The molecule has 2 heterocycles. The molecule has 0 aliphatic rings. The van der Waals surface area contributed by atoms with Crippen molar-refractivity contribution in [3.63, 3.8) is 0 Å². The topological polar surface area (TPSA) is 93.8 Å². The van der Waals surface area contributed by atoms with Gasteiger partial charge in [-0.3, -0.25) is 4.79 Å². The SMILES string of the molecule is CCSc1nnc(NC(=O)CCCc2nc(-c3ccccc3)no2)s1. The van der Waals surface area contributed by atoms with Gasteiger partial charge in [0.25, 0.3) is 0 Å². The summed E-state index contributed by atoms with van der Waals surface area (Å²) in [7, 11) is 0. The van der Waals surface area contributed by atoms with Gasteiger partial charge in [0, 0.05) is 18.4 Å². The van der Waals surface area contributed by atoms with Crippen molar-refractivity contribution < 1.29 is 9.32 Å². The Bertz CT molecular complexity index is 819. The van der Waals surface area contributed by atoms with Crippen molar-refractivity contribution in [1.82, 2.24) is 20.3 Å². The Hall–Kier alpha value is -2.26. The van der Waals surface area contributed by atoms with Crippen LogP contribution in [0.25, 0.3) is 11.4 Å². The first-order valence-electron chi connectivity index (χ1n) is 7.88. The third-order valence-electron chi connectivity index (χ3n) is 3.22. The molecule has 1 aromatic carbocycles. The molecule has 0 aliphatic carbocycles. The van der Waals surface area contributed by atoms with Crippen molar-refractivity contribution in [2.75, 3.05) is 11.1 Å². The van der Waals surface area contributed by atoms with Crippen molar-refractivity contribution in [2.24, 2.45) is 0 Å². The van der Waals surface area contributed by atoms with E-state index >= 15 is 0 Å². The van der Waals surface area contributed by atoms with Crippen LogP contribution in [0.5, 0.6) is 0 Å². The van der Waals surface area contributed by atoms with Gasteiger partial charge < -0.3 is 9.84 Å². The first-order chi connectivity index (χ1) is 12.2. The monoisotopic (exact) mass is 375 g/mol. The van der Waals surface area contributed by atoms with E-state index in [-0.39, 0.29) is 5.91 Å². The van der Waals surface area contributed by atoms with Gasteiger partial charge in [-0.1, -0.05) is 65.5 Å². The smallest absolute Gasteiger partial charge is 0.226 e. The fourth-order valence-corrected chi connectivity index (χ4v) is 3.75. The minimum Gasteiger partial charge on any atom is -0.339 e. The van der Waals surface area contributed by atoms with Crippen LogP contribution in [-0.2, 0) is 11.2 Å². The molecule has 9 heteroatoms. The van der Waals surface area contributed by atoms with Gasteiger partial charge in [-0.2, -0.15) is 4.98 Å². The zero-order valence-corrected chi connectivity index (χ0v) is 15.3. The van der Waals surface area contributed by atoms with E-state index in [1.807, 2.05) is 37.3 Å². The highest BCUT2D eigenvalue weighted by molar-refractivity contribution is 8.01. The molecule has 0 aliphatic heterocycles. The summed E-state index contributed by atoms with van der Waals surface area (Å²) in [5.41, 5.74) is 0.910. The Kier molecular flexibility index (Phi) is 6.13. The molecule has 0 saturated heterocycles. The Morgan fingerprint density at radius 2 is 2.12 bits per heavy atom. The number of benzene rings is 1. The molecule has 130 valence electrons. The number of nitrogens with one attached hydrogen (secondary N) is 1. The van der Waals surface area contributed by atoms with Crippen molar-refractivity contribution >= 4 is 34.1 Å². The lowest BCUT2D eigenvalue weighted by Crippen LogP contribution is -2.11. The number of nitrogens with zero attached hydrogens (tertiary/aromatic N) is 4. The molecule has 0 radical (unpaired) electrons. The number of hydrogen-bond donors (Lipinski definition) is 1. The van der Waals surface area contributed by atoms with E-state index in [1.165, 1.54) is 11.3 Å². The maximum absolute atomic E-state index is 12.0. The highest BCUT2D eigenvalue weighted by atomic mass is 32.2. The van der Waals surface area contributed by atoms with Crippen molar-refractivity contribution in [3.8, 4) is 11.4 Å². The number of amides is 1. The number of aryl methyl sites for hydroxylation is 1. The Balaban J connectivity index is 1.44. The minimum atomic E-state index is -0.0907. The molecular weight excluding hydrogens is 358 g/mol. The molecule has 0 unspecified atom stereocenters. The summed E-state index contributed by atoms with van der Waals surface area (Å²) in [5, 5.41) is 15.2. The van der Waals surface area contributed by atoms with Crippen LogP contribution in [0.2, 0.25) is 0 Å². The first kappa shape index (κ1) is 17.6. The lowest BCUT2D eigenvalue weighted by molar-refractivity contribution is -0.116. The van der Waals surface area contributed by atoms with Crippen LogP contribution >= 0.6 is 23.1 Å². The summed E-state index contributed by atoms with van der Waals surface area (Å²) < 4.78 is 6.09. The van der Waals surface area contributed by atoms with E-state index in [0.717, 1.165) is 15.7 Å². The average molecular weight is 375 g/mol. The molecule has 0 fully saturated rings. The summed E-state index contributed by atoms with van der Waals surface area (Å²) in [5.74, 6) is 1.93. The van der Waals surface area contributed by atoms with Crippen LogP contribution in [0.1, 0.15) is 25.7 Å². The number of aromatic nitrogens is 4. The highest BCUT2D eigenvalue weighted by Crippen LogP contribution is 2.25. The number of rotatable bonds is 8. The quantitative estimate of drug-likeness (QED) is 0.474. The summed E-state index contributed by atoms with van der Waals surface area (Å²) in [4.78, 5) is 16.3. The van der Waals surface area contributed by atoms with Gasteiger partial charge in [0.15, 0.2) is 4.34 Å². The van der Waals surface area contributed by atoms with Crippen LogP contribution in [0.3, 0.4) is 0 Å². The predicted molar refractivity (Wildman–Crippen MR) is 97.6 cm³/mol. The second-order valence-electron chi connectivity index (χ2n) is 5.09. The molecule has 25 heavy (non-hydrogen) atoms. The van der Waals surface area contributed by atoms with Gasteiger partial charge in [-0.15, -0.1) is 10.2 Å². The Labute approximate surface area is 153 Å². The number of carbonyl (C=O) groups excluding carboxylic acids is 1. The fourth-order valence-electron chi connectivity index (χ4n) is 2.08.